The Kier molecular flexibility index (Phi) is 4.31. The van der Waals surface area contributed by atoms with Gasteiger partial charge in [-0.1, -0.05) is 12.1 Å². The Morgan fingerprint density at radius 3 is 2.53 bits per heavy atom. The van der Waals surface area contributed by atoms with E-state index < -0.39 is 10.0 Å². The van der Waals surface area contributed by atoms with E-state index >= 15 is 0 Å². The van der Waals surface area contributed by atoms with Gasteiger partial charge in [-0.25, -0.2) is 18.1 Å². The third-order valence-corrected chi connectivity index (χ3v) is 4.88. The lowest BCUT2D eigenvalue weighted by molar-refractivity contribution is 0.581. The number of aromatic nitrogens is 1. The van der Waals surface area contributed by atoms with E-state index in [1.54, 1.807) is 30.5 Å². The van der Waals surface area contributed by atoms with Crippen LogP contribution in [0.1, 0.15) is 15.4 Å². The third-order valence-electron chi connectivity index (χ3n) is 2.55. The fourth-order valence-corrected chi connectivity index (χ4v) is 3.33. The zero-order valence-corrected chi connectivity index (χ0v) is 12.1. The molecule has 0 atom stereocenters. The largest absolute Gasteiger partial charge is 0.326 e. The maximum Gasteiger partial charge on any atom is 0.240 e. The van der Waals surface area contributed by atoms with Crippen molar-refractivity contribution < 1.29 is 8.42 Å². The highest BCUT2D eigenvalue weighted by atomic mass is 32.2. The van der Waals surface area contributed by atoms with Crippen LogP contribution in [0, 0.1) is 6.92 Å². The van der Waals surface area contributed by atoms with Gasteiger partial charge in [-0.15, -0.1) is 11.3 Å². The van der Waals surface area contributed by atoms with Crippen LogP contribution in [0.3, 0.4) is 0 Å². The maximum atomic E-state index is 12.0. The minimum Gasteiger partial charge on any atom is -0.326 e. The molecule has 0 aliphatic heterocycles. The number of hydrogen-bond donors (Lipinski definition) is 2. The molecule has 0 saturated carbocycles. The number of nitrogens with two attached hydrogens (primary N) is 1. The van der Waals surface area contributed by atoms with Crippen LogP contribution >= 0.6 is 11.3 Å². The molecule has 0 spiro atoms. The van der Waals surface area contributed by atoms with Gasteiger partial charge in [-0.05, 0) is 24.6 Å². The standard InChI is InChI=1S/C12H15N3O2S2/c1-9-7-14-12(18-9)8-15-19(16,17)11-4-2-10(6-13)3-5-11/h2-5,7,15H,6,8,13H2,1H3. The van der Waals surface area contributed by atoms with Gasteiger partial charge in [0.1, 0.15) is 5.01 Å². The molecule has 0 saturated heterocycles. The van der Waals surface area contributed by atoms with Gasteiger partial charge in [0.2, 0.25) is 10.0 Å². The molecule has 3 N–H and O–H groups in total. The summed E-state index contributed by atoms with van der Waals surface area (Å²) in [5, 5.41) is 0.750. The predicted octanol–water partition coefficient (Wildman–Crippen LogP) is 1.39. The molecule has 0 fully saturated rings. The molecule has 0 aliphatic carbocycles. The molecule has 2 aromatic rings. The fraction of sp³-hybridized carbons (Fsp3) is 0.250. The molecule has 7 heteroatoms. The van der Waals surface area contributed by atoms with Crippen LogP contribution in [0.2, 0.25) is 0 Å². The highest BCUT2D eigenvalue weighted by Crippen LogP contribution is 2.14. The third kappa shape index (κ3) is 3.60. The topological polar surface area (TPSA) is 85.1 Å². The first-order chi connectivity index (χ1) is 9.01. The number of rotatable bonds is 5. The first-order valence-corrected chi connectivity index (χ1v) is 8.01. The molecule has 0 aliphatic rings. The number of nitrogens with one attached hydrogen (secondary N) is 1. The van der Waals surface area contributed by atoms with Gasteiger partial charge >= 0.3 is 0 Å². The molecule has 0 unspecified atom stereocenters. The van der Waals surface area contributed by atoms with Gasteiger partial charge in [-0.3, -0.25) is 0 Å². The van der Waals surface area contributed by atoms with Gasteiger partial charge in [0.25, 0.3) is 0 Å². The van der Waals surface area contributed by atoms with E-state index in [4.69, 9.17) is 5.73 Å². The number of thiazole rings is 1. The zero-order valence-electron chi connectivity index (χ0n) is 10.5. The summed E-state index contributed by atoms with van der Waals surface area (Å²) >= 11 is 1.48. The molecule has 19 heavy (non-hydrogen) atoms. The lowest BCUT2D eigenvalue weighted by Gasteiger charge is -2.05. The number of sulfonamides is 1. The highest BCUT2D eigenvalue weighted by molar-refractivity contribution is 7.89. The van der Waals surface area contributed by atoms with Gasteiger partial charge in [0, 0.05) is 17.6 Å². The first-order valence-electron chi connectivity index (χ1n) is 5.71. The maximum absolute atomic E-state index is 12.0. The molecule has 1 aromatic carbocycles. The number of benzene rings is 1. The second-order valence-electron chi connectivity index (χ2n) is 4.04. The second kappa shape index (κ2) is 5.79. The minimum absolute atomic E-state index is 0.208. The predicted molar refractivity (Wildman–Crippen MR) is 75.2 cm³/mol. The van der Waals surface area contributed by atoms with Crippen molar-refractivity contribution in [2.75, 3.05) is 0 Å². The highest BCUT2D eigenvalue weighted by Gasteiger charge is 2.14. The summed E-state index contributed by atoms with van der Waals surface area (Å²) in [6.07, 6.45) is 1.73. The Hall–Kier alpha value is -1.28. The average molecular weight is 297 g/mol. The van der Waals surface area contributed by atoms with Crippen LogP contribution in [0.4, 0.5) is 0 Å². The van der Waals surface area contributed by atoms with Crippen molar-refractivity contribution in [1.82, 2.24) is 9.71 Å². The Bertz CT molecular complexity index is 648. The number of aryl methyl sites for hydroxylation is 1. The SMILES string of the molecule is Cc1cnc(CNS(=O)(=O)c2ccc(CN)cc2)s1. The summed E-state index contributed by atoms with van der Waals surface area (Å²) in [5.41, 5.74) is 6.37. The Morgan fingerprint density at radius 1 is 1.32 bits per heavy atom. The van der Waals surface area contributed by atoms with Crippen LogP contribution < -0.4 is 10.5 Å². The molecular formula is C12H15N3O2S2. The van der Waals surface area contributed by atoms with E-state index in [0.29, 0.717) is 6.54 Å². The summed E-state index contributed by atoms with van der Waals surface area (Å²) < 4.78 is 26.6. The van der Waals surface area contributed by atoms with E-state index in [0.717, 1.165) is 15.4 Å². The molecule has 102 valence electrons. The minimum atomic E-state index is -3.50. The van der Waals surface area contributed by atoms with Crippen molar-refractivity contribution in [3.8, 4) is 0 Å². The Balaban J connectivity index is 2.09. The number of nitrogens with zero attached hydrogens (tertiary/aromatic N) is 1. The average Bonchev–Trinajstić information content (AvgIpc) is 2.82. The van der Waals surface area contributed by atoms with Crippen LogP contribution in [0.25, 0.3) is 0 Å². The van der Waals surface area contributed by atoms with Gasteiger partial charge in [-0.2, -0.15) is 0 Å². The van der Waals surface area contributed by atoms with Crippen molar-refractivity contribution in [3.05, 3.63) is 45.9 Å². The molecule has 0 radical (unpaired) electrons. The monoisotopic (exact) mass is 297 g/mol. The zero-order chi connectivity index (χ0) is 13.9. The second-order valence-corrected chi connectivity index (χ2v) is 7.12. The molecule has 1 aromatic heterocycles. The summed E-state index contributed by atoms with van der Waals surface area (Å²) in [5.74, 6) is 0. The Labute approximate surface area is 116 Å². The summed E-state index contributed by atoms with van der Waals surface area (Å²) in [4.78, 5) is 5.41. The van der Waals surface area contributed by atoms with Crippen molar-refractivity contribution in [3.63, 3.8) is 0 Å². The quantitative estimate of drug-likeness (QED) is 0.873. The number of hydrogen-bond acceptors (Lipinski definition) is 5. The molecule has 1 heterocycles. The van der Waals surface area contributed by atoms with Crippen LogP contribution in [-0.2, 0) is 23.1 Å². The smallest absolute Gasteiger partial charge is 0.240 e. The van der Waals surface area contributed by atoms with E-state index in [9.17, 15) is 8.42 Å². The molecule has 0 bridgehead atoms. The molecule has 2 rings (SSSR count). The fourth-order valence-electron chi connectivity index (χ4n) is 1.53. The lowest BCUT2D eigenvalue weighted by atomic mass is 10.2. The van der Waals surface area contributed by atoms with Crippen LogP contribution in [0.5, 0.6) is 0 Å². The van der Waals surface area contributed by atoms with Crippen LogP contribution in [-0.4, -0.2) is 13.4 Å². The Morgan fingerprint density at radius 2 is 2.00 bits per heavy atom. The summed E-state index contributed by atoms with van der Waals surface area (Å²) in [6.45, 7) is 2.53. The summed E-state index contributed by atoms with van der Waals surface area (Å²) in [7, 11) is -3.50. The van der Waals surface area contributed by atoms with Crippen molar-refractivity contribution in [1.29, 1.82) is 0 Å². The van der Waals surface area contributed by atoms with Crippen LogP contribution in [0.15, 0.2) is 35.4 Å². The van der Waals surface area contributed by atoms with E-state index in [1.807, 2.05) is 6.92 Å². The van der Waals surface area contributed by atoms with E-state index in [-0.39, 0.29) is 11.4 Å². The summed E-state index contributed by atoms with van der Waals surface area (Å²) in [6, 6.07) is 6.53. The van der Waals surface area contributed by atoms with Gasteiger partial charge in [0.15, 0.2) is 0 Å². The van der Waals surface area contributed by atoms with Crippen molar-refractivity contribution in [2.45, 2.75) is 24.9 Å². The molecule has 0 amide bonds. The van der Waals surface area contributed by atoms with Gasteiger partial charge in [0.05, 0.1) is 11.4 Å². The van der Waals surface area contributed by atoms with Crippen molar-refractivity contribution in [2.24, 2.45) is 5.73 Å². The molecular weight excluding hydrogens is 282 g/mol. The lowest BCUT2D eigenvalue weighted by Crippen LogP contribution is -2.23. The van der Waals surface area contributed by atoms with Crippen molar-refractivity contribution >= 4 is 21.4 Å². The van der Waals surface area contributed by atoms with Gasteiger partial charge < -0.3 is 5.73 Å². The first kappa shape index (κ1) is 14.1. The normalized spacial score (nSPS) is 11.7. The van der Waals surface area contributed by atoms with E-state index in [2.05, 4.69) is 9.71 Å². The van der Waals surface area contributed by atoms with E-state index in [1.165, 1.54) is 11.3 Å². The molecule has 5 nitrogen and oxygen atoms in total.